The minimum Gasteiger partial charge on any atom is -0.483 e. The van der Waals surface area contributed by atoms with Crippen LogP contribution in [0.25, 0.3) is 10.9 Å². The van der Waals surface area contributed by atoms with Gasteiger partial charge in [-0.1, -0.05) is 12.1 Å². The summed E-state index contributed by atoms with van der Waals surface area (Å²) in [6.07, 6.45) is 2.57. The second-order valence-electron chi connectivity index (χ2n) is 6.79. The Kier molecular flexibility index (Phi) is 3.60. The third-order valence-electron chi connectivity index (χ3n) is 4.14. The van der Waals surface area contributed by atoms with Gasteiger partial charge in [0.1, 0.15) is 5.60 Å². The first kappa shape index (κ1) is 15.5. The molecule has 1 aliphatic heterocycles. The van der Waals surface area contributed by atoms with Crippen LogP contribution in [0.15, 0.2) is 42.6 Å². The fraction of sp³-hybridized carbons (Fsp3) is 0.263. The number of para-hydroxylation sites is 1. The molecule has 0 radical (unpaired) electrons. The number of amides is 1. The summed E-state index contributed by atoms with van der Waals surface area (Å²) in [5.74, 6) is 1.11. The van der Waals surface area contributed by atoms with Crippen molar-refractivity contribution in [1.82, 2.24) is 10.2 Å². The quantitative estimate of drug-likeness (QED) is 0.766. The first-order valence-corrected chi connectivity index (χ1v) is 8.17. The highest BCUT2D eigenvalue weighted by Crippen LogP contribution is 2.41. The van der Waals surface area contributed by atoms with Gasteiger partial charge in [-0.05, 0) is 38.1 Å². The normalized spacial score (nSPS) is 14.8. The maximum absolute atomic E-state index is 12.2. The molecule has 0 saturated carbocycles. The van der Waals surface area contributed by atoms with Gasteiger partial charge in [0, 0.05) is 23.1 Å². The molecule has 1 aliphatic rings. The van der Waals surface area contributed by atoms with Crippen molar-refractivity contribution in [3.05, 3.63) is 48.2 Å². The minimum absolute atomic E-state index is 0.0821. The lowest BCUT2D eigenvalue weighted by Gasteiger charge is -2.18. The van der Waals surface area contributed by atoms with Crippen LogP contribution in [-0.4, -0.2) is 28.3 Å². The molecular formula is C19H19N3O3. The fourth-order valence-corrected chi connectivity index (χ4v) is 3.06. The van der Waals surface area contributed by atoms with Gasteiger partial charge in [-0.2, -0.15) is 5.10 Å². The monoisotopic (exact) mass is 337 g/mol. The van der Waals surface area contributed by atoms with E-state index in [1.807, 2.05) is 50.2 Å². The SMILES string of the molecule is CC1(C)Cc2cccc(OCC(=O)Nc3ccc4cn[nH]c4c3)c2O1. The second kappa shape index (κ2) is 5.81. The standard InChI is InChI=1S/C19H19N3O3/c1-19(2)9-12-4-3-5-16(18(12)25-19)24-11-17(23)21-14-7-6-13-10-20-22-15(13)8-14/h3-8,10H,9,11H2,1-2H3,(H,20,22)(H,21,23). The van der Waals surface area contributed by atoms with Crippen LogP contribution in [-0.2, 0) is 11.2 Å². The summed E-state index contributed by atoms with van der Waals surface area (Å²) < 4.78 is 11.6. The van der Waals surface area contributed by atoms with Crippen molar-refractivity contribution in [2.75, 3.05) is 11.9 Å². The number of fused-ring (bicyclic) bond motifs is 2. The molecule has 2 aromatic carbocycles. The topological polar surface area (TPSA) is 76.2 Å². The first-order chi connectivity index (χ1) is 12.0. The fourth-order valence-electron chi connectivity index (χ4n) is 3.06. The Balaban J connectivity index is 1.42. The Morgan fingerprint density at radius 2 is 2.24 bits per heavy atom. The van der Waals surface area contributed by atoms with E-state index in [0.717, 1.165) is 28.6 Å². The Morgan fingerprint density at radius 1 is 1.36 bits per heavy atom. The van der Waals surface area contributed by atoms with E-state index >= 15 is 0 Å². The predicted molar refractivity (Wildman–Crippen MR) is 95.1 cm³/mol. The van der Waals surface area contributed by atoms with Gasteiger partial charge < -0.3 is 14.8 Å². The van der Waals surface area contributed by atoms with E-state index in [9.17, 15) is 4.79 Å². The Bertz CT molecular complexity index is 946. The van der Waals surface area contributed by atoms with Gasteiger partial charge in [0.2, 0.25) is 0 Å². The molecule has 0 aliphatic carbocycles. The summed E-state index contributed by atoms with van der Waals surface area (Å²) in [6, 6.07) is 11.3. The highest BCUT2D eigenvalue weighted by molar-refractivity contribution is 5.94. The van der Waals surface area contributed by atoms with Crippen molar-refractivity contribution in [3.63, 3.8) is 0 Å². The maximum atomic E-state index is 12.2. The number of benzene rings is 2. The highest BCUT2D eigenvalue weighted by atomic mass is 16.5. The molecule has 6 heteroatoms. The third kappa shape index (κ3) is 3.15. The lowest BCUT2D eigenvalue weighted by molar-refractivity contribution is -0.118. The second-order valence-corrected chi connectivity index (χ2v) is 6.79. The average Bonchev–Trinajstić information content (AvgIpc) is 3.14. The van der Waals surface area contributed by atoms with Gasteiger partial charge in [0.15, 0.2) is 18.1 Å². The molecule has 0 saturated heterocycles. The predicted octanol–water partition coefficient (Wildman–Crippen LogP) is 3.29. The van der Waals surface area contributed by atoms with E-state index in [-0.39, 0.29) is 18.1 Å². The molecule has 0 bridgehead atoms. The van der Waals surface area contributed by atoms with Crippen LogP contribution >= 0.6 is 0 Å². The summed E-state index contributed by atoms with van der Waals surface area (Å²) in [4.78, 5) is 12.2. The van der Waals surface area contributed by atoms with Crippen molar-refractivity contribution in [3.8, 4) is 11.5 Å². The highest BCUT2D eigenvalue weighted by Gasteiger charge is 2.32. The van der Waals surface area contributed by atoms with Crippen LogP contribution in [0.4, 0.5) is 5.69 Å². The molecule has 4 rings (SSSR count). The summed E-state index contributed by atoms with van der Waals surface area (Å²) in [5.41, 5.74) is 2.42. The number of carbonyl (C=O) groups is 1. The molecule has 1 aromatic heterocycles. The van der Waals surface area contributed by atoms with Crippen molar-refractivity contribution in [2.24, 2.45) is 0 Å². The molecule has 0 unspecified atom stereocenters. The van der Waals surface area contributed by atoms with E-state index in [1.165, 1.54) is 0 Å². The van der Waals surface area contributed by atoms with Gasteiger partial charge in [0.25, 0.3) is 5.91 Å². The number of anilines is 1. The largest absolute Gasteiger partial charge is 0.483 e. The van der Waals surface area contributed by atoms with Gasteiger partial charge in [-0.15, -0.1) is 0 Å². The van der Waals surface area contributed by atoms with Crippen molar-refractivity contribution >= 4 is 22.5 Å². The van der Waals surface area contributed by atoms with Crippen molar-refractivity contribution in [1.29, 1.82) is 0 Å². The van der Waals surface area contributed by atoms with Crippen LogP contribution in [0.3, 0.4) is 0 Å². The number of rotatable bonds is 4. The molecular weight excluding hydrogens is 318 g/mol. The molecule has 2 N–H and O–H groups in total. The summed E-state index contributed by atoms with van der Waals surface area (Å²) >= 11 is 0. The number of hydrogen-bond acceptors (Lipinski definition) is 4. The zero-order valence-electron chi connectivity index (χ0n) is 14.1. The van der Waals surface area contributed by atoms with E-state index in [2.05, 4.69) is 15.5 Å². The van der Waals surface area contributed by atoms with Crippen LogP contribution in [0, 0.1) is 0 Å². The number of H-pyrrole nitrogens is 1. The van der Waals surface area contributed by atoms with Crippen LogP contribution in [0.5, 0.6) is 11.5 Å². The van der Waals surface area contributed by atoms with E-state index in [1.54, 1.807) is 6.20 Å². The van der Waals surface area contributed by atoms with Gasteiger partial charge in [-0.25, -0.2) is 0 Å². The number of carbonyl (C=O) groups excluding carboxylic acids is 1. The molecule has 128 valence electrons. The molecule has 2 heterocycles. The Labute approximate surface area is 145 Å². The number of aromatic nitrogens is 2. The molecule has 1 amide bonds. The molecule has 0 spiro atoms. The van der Waals surface area contributed by atoms with Gasteiger partial charge in [-0.3, -0.25) is 9.89 Å². The molecule has 0 fully saturated rings. The first-order valence-electron chi connectivity index (χ1n) is 8.17. The lowest BCUT2D eigenvalue weighted by atomic mass is 10.0. The molecule has 3 aromatic rings. The van der Waals surface area contributed by atoms with E-state index < -0.39 is 0 Å². The Hall–Kier alpha value is -3.02. The number of aromatic amines is 1. The zero-order valence-corrected chi connectivity index (χ0v) is 14.1. The smallest absolute Gasteiger partial charge is 0.262 e. The lowest BCUT2D eigenvalue weighted by Crippen LogP contribution is -2.25. The zero-order chi connectivity index (χ0) is 17.4. The minimum atomic E-state index is -0.246. The van der Waals surface area contributed by atoms with Crippen molar-refractivity contribution in [2.45, 2.75) is 25.9 Å². The summed E-state index contributed by atoms with van der Waals surface area (Å²) in [7, 11) is 0. The third-order valence-corrected chi connectivity index (χ3v) is 4.14. The Morgan fingerprint density at radius 3 is 3.12 bits per heavy atom. The molecule has 25 heavy (non-hydrogen) atoms. The number of nitrogens with one attached hydrogen (secondary N) is 2. The maximum Gasteiger partial charge on any atom is 0.262 e. The van der Waals surface area contributed by atoms with Crippen molar-refractivity contribution < 1.29 is 14.3 Å². The summed E-state index contributed by atoms with van der Waals surface area (Å²) in [5, 5.41) is 10.7. The molecule has 6 nitrogen and oxygen atoms in total. The number of hydrogen-bond donors (Lipinski definition) is 2. The van der Waals surface area contributed by atoms with Gasteiger partial charge in [0.05, 0.1) is 11.7 Å². The average molecular weight is 337 g/mol. The number of ether oxygens (including phenoxy) is 2. The summed E-state index contributed by atoms with van der Waals surface area (Å²) in [6.45, 7) is 3.99. The van der Waals surface area contributed by atoms with Crippen LogP contribution in [0.1, 0.15) is 19.4 Å². The molecule has 0 atom stereocenters. The van der Waals surface area contributed by atoms with Gasteiger partial charge >= 0.3 is 0 Å². The van der Waals surface area contributed by atoms with Crippen LogP contribution in [0.2, 0.25) is 0 Å². The van der Waals surface area contributed by atoms with E-state index in [4.69, 9.17) is 9.47 Å². The van der Waals surface area contributed by atoms with E-state index in [0.29, 0.717) is 11.4 Å². The van der Waals surface area contributed by atoms with Crippen LogP contribution < -0.4 is 14.8 Å². The number of nitrogens with zero attached hydrogens (tertiary/aromatic N) is 1.